The van der Waals surface area contributed by atoms with E-state index >= 15 is 0 Å². The van der Waals surface area contributed by atoms with Crippen LogP contribution in [0.15, 0.2) is 30.3 Å². The highest BCUT2D eigenvalue weighted by atomic mass is 32.2. The molecule has 2 heterocycles. The number of carboxylic acids is 1. The van der Waals surface area contributed by atoms with Gasteiger partial charge in [-0.25, -0.2) is 4.79 Å². The molecule has 6 nitrogen and oxygen atoms in total. The summed E-state index contributed by atoms with van der Waals surface area (Å²) in [6.45, 7) is 1.11. The van der Waals surface area contributed by atoms with Crippen LogP contribution in [0.1, 0.15) is 31.2 Å². The van der Waals surface area contributed by atoms with Crippen LogP contribution in [0, 0.1) is 5.92 Å². The van der Waals surface area contributed by atoms with Gasteiger partial charge in [-0.1, -0.05) is 30.3 Å². The van der Waals surface area contributed by atoms with Crippen molar-refractivity contribution in [2.45, 2.75) is 37.6 Å². The van der Waals surface area contributed by atoms with Gasteiger partial charge in [0, 0.05) is 31.2 Å². The van der Waals surface area contributed by atoms with Gasteiger partial charge in [0.25, 0.3) is 0 Å². The van der Waals surface area contributed by atoms with E-state index in [-0.39, 0.29) is 17.7 Å². The summed E-state index contributed by atoms with van der Waals surface area (Å²) >= 11 is 1.56. The fourth-order valence-corrected chi connectivity index (χ4v) is 4.99. The molecule has 2 fully saturated rings. The average Bonchev–Trinajstić information content (AvgIpc) is 3.17. The van der Waals surface area contributed by atoms with E-state index in [0.717, 1.165) is 17.7 Å². The first-order valence-corrected chi connectivity index (χ1v) is 10.6. The van der Waals surface area contributed by atoms with Gasteiger partial charge >= 0.3 is 5.97 Å². The molecule has 1 atom stereocenters. The third-order valence-electron chi connectivity index (χ3n) is 5.48. The number of carbonyl (C=O) groups is 3. The molecule has 1 aromatic rings. The molecule has 0 aromatic heterocycles. The quantitative estimate of drug-likeness (QED) is 0.775. The fourth-order valence-electron chi connectivity index (χ4n) is 3.67. The van der Waals surface area contributed by atoms with Crippen molar-refractivity contribution in [3.63, 3.8) is 0 Å². The van der Waals surface area contributed by atoms with E-state index in [1.165, 1.54) is 0 Å². The number of likely N-dealkylation sites (tertiary alicyclic amines) is 1. The van der Waals surface area contributed by atoms with Crippen LogP contribution < -0.4 is 5.32 Å². The number of amides is 2. The van der Waals surface area contributed by atoms with Crippen LogP contribution >= 0.6 is 11.8 Å². The molecule has 2 amide bonds. The SMILES string of the molecule is O=C(NC1(C(=O)O)CCSC1)C1CCN(C(=O)CCc2ccccc2)CC1. The lowest BCUT2D eigenvalue weighted by atomic mass is 9.92. The maximum Gasteiger partial charge on any atom is 0.330 e. The van der Waals surface area contributed by atoms with Crippen molar-refractivity contribution in [3.8, 4) is 0 Å². The molecule has 2 aliphatic rings. The standard InChI is InChI=1S/C20H26N2O4S/c23-17(7-6-15-4-2-1-3-5-15)22-11-8-16(9-12-22)18(24)21-20(19(25)26)10-13-27-14-20/h1-5,16H,6-14H2,(H,21,24)(H,25,26). The highest BCUT2D eigenvalue weighted by Gasteiger charge is 2.44. The zero-order valence-corrected chi connectivity index (χ0v) is 16.2. The molecule has 7 heteroatoms. The maximum atomic E-state index is 12.6. The van der Waals surface area contributed by atoms with Gasteiger partial charge in [0.15, 0.2) is 0 Å². The summed E-state index contributed by atoms with van der Waals surface area (Å²) in [5, 5.41) is 12.3. The summed E-state index contributed by atoms with van der Waals surface area (Å²) in [4.78, 5) is 38.4. The van der Waals surface area contributed by atoms with Gasteiger partial charge < -0.3 is 15.3 Å². The average molecular weight is 391 g/mol. The lowest BCUT2D eigenvalue weighted by molar-refractivity contribution is -0.147. The number of hydrogen-bond acceptors (Lipinski definition) is 4. The number of benzene rings is 1. The second kappa shape index (κ2) is 8.78. The van der Waals surface area contributed by atoms with Crippen molar-refractivity contribution >= 4 is 29.5 Å². The van der Waals surface area contributed by atoms with Crippen LogP contribution in [0.4, 0.5) is 0 Å². The molecule has 2 aliphatic heterocycles. The number of rotatable bonds is 6. The normalized spacial score (nSPS) is 23.2. The van der Waals surface area contributed by atoms with Gasteiger partial charge in [-0.05, 0) is 37.0 Å². The number of nitrogens with zero attached hydrogens (tertiary/aromatic N) is 1. The van der Waals surface area contributed by atoms with Crippen molar-refractivity contribution in [2.75, 3.05) is 24.6 Å². The Labute approximate surface area is 163 Å². The van der Waals surface area contributed by atoms with E-state index < -0.39 is 11.5 Å². The molecule has 2 N–H and O–H groups in total. The Morgan fingerprint density at radius 2 is 1.89 bits per heavy atom. The monoisotopic (exact) mass is 390 g/mol. The van der Waals surface area contributed by atoms with Crippen molar-refractivity contribution in [1.29, 1.82) is 0 Å². The number of carboxylic acid groups (broad SMARTS) is 1. The highest BCUT2D eigenvalue weighted by Crippen LogP contribution is 2.29. The molecular weight excluding hydrogens is 364 g/mol. The Morgan fingerprint density at radius 3 is 2.48 bits per heavy atom. The number of piperidine rings is 1. The predicted molar refractivity (Wildman–Crippen MR) is 105 cm³/mol. The largest absolute Gasteiger partial charge is 0.479 e. The van der Waals surface area contributed by atoms with Gasteiger partial charge in [-0.2, -0.15) is 11.8 Å². The van der Waals surface area contributed by atoms with Gasteiger partial charge in [0.1, 0.15) is 5.54 Å². The zero-order valence-electron chi connectivity index (χ0n) is 15.4. The maximum absolute atomic E-state index is 12.6. The summed E-state index contributed by atoms with van der Waals surface area (Å²) < 4.78 is 0. The van der Waals surface area contributed by atoms with Gasteiger partial charge in [0.05, 0.1) is 0 Å². The van der Waals surface area contributed by atoms with E-state index in [1.54, 1.807) is 11.8 Å². The first kappa shape index (κ1) is 19.7. The number of nitrogens with one attached hydrogen (secondary N) is 1. The summed E-state index contributed by atoms with van der Waals surface area (Å²) in [5.74, 6) is -0.0613. The second-order valence-electron chi connectivity index (χ2n) is 7.32. The van der Waals surface area contributed by atoms with Crippen LogP contribution in [0.3, 0.4) is 0 Å². The van der Waals surface area contributed by atoms with Crippen LogP contribution in [-0.2, 0) is 20.8 Å². The van der Waals surface area contributed by atoms with Crippen LogP contribution in [0.5, 0.6) is 0 Å². The third kappa shape index (κ3) is 4.83. The molecule has 0 bridgehead atoms. The van der Waals surface area contributed by atoms with E-state index in [0.29, 0.717) is 44.5 Å². The lowest BCUT2D eigenvalue weighted by Gasteiger charge is -2.33. The van der Waals surface area contributed by atoms with E-state index in [9.17, 15) is 19.5 Å². The molecule has 0 spiro atoms. The number of aliphatic carboxylic acids is 1. The number of thioether (sulfide) groups is 1. The molecule has 0 radical (unpaired) electrons. The minimum absolute atomic E-state index is 0.118. The molecule has 1 aromatic carbocycles. The Morgan fingerprint density at radius 1 is 1.19 bits per heavy atom. The lowest BCUT2D eigenvalue weighted by Crippen LogP contribution is -2.57. The molecule has 2 saturated heterocycles. The zero-order chi connectivity index (χ0) is 19.3. The summed E-state index contributed by atoms with van der Waals surface area (Å²) in [7, 11) is 0. The highest BCUT2D eigenvalue weighted by molar-refractivity contribution is 7.99. The minimum atomic E-state index is -1.12. The first-order valence-electron chi connectivity index (χ1n) is 9.45. The number of carbonyl (C=O) groups excluding carboxylic acids is 2. The van der Waals surface area contributed by atoms with Crippen molar-refractivity contribution in [2.24, 2.45) is 5.92 Å². The summed E-state index contributed by atoms with van der Waals surface area (Å²) in [6, 6.07) is 9.93. The topological polar surface area (TPSA) is 86.7 Å². The van der Waals surface area contributed by atoms with Gasteiger partial charge in [0.2, 0.25) is 11.8 Å². The number of aryl methyl sites for hydroxylation is 1. The van der Waals surface area contributed by atoms with Crippen molar-refractivity contribution in [1.82, 2.24) is 10.2 Å². The van der Waals surface area contributed by atoms with E-state index in [4.69, 9.17) is 0 Å². The smallest absolute Gasteiger partial charge is 0.330 e. The molecule has 0 aliphatic carbocycles. The Bertz CT molecular complexity index is 680. The van der Waals surface area contributed by atoms with Gasteiger partial charge in [-0.15, -0.1) is 0 Å². The minimum Gasteiger partial charge on any atom is -0.479 e. The first-order chi connectivity index (χ1) is 13.0. The Balaban J connectivity index is 1.46. The van der Waals surface area contributed by atoms with E-state index in [1.807, 2.05) is 35.2 Å². The number of hydrogen-bond donors (Lipinski definition) is 2. The molecule has 27 heavy (non-hydrogen) atoms. The molecular formula is C20H26N2O4S. The predicted octanol–water partition coefficient (Wildman–Crippen LogP) is 1.93. The molecule has 3 rings (SSSR count). The molecule has 1 unspecified atom stereocenters. The Kier molecular flexibility index (Phi) is 6.42. The van der Waals surface area contributed by atoms with E-state index in [2.05, 4.69) is 5.32 Å². The van der Waals surface area contributed by atoms with Crippen LogP contribution in [0.25, 0.3) is 0 Å². The molecule has 146 valence electrons. The molecule has 0 saturated carbocycles. The fraction of sp³-hybridized carbons (Fsp3) is 0.550. The van der Waals surface area contributed by atoms with Crippen LogP contribution in [0.2, 0.25) is 0 Å². The second-order valence-corrected chi connectivity index (χ2v) is 8.42. The van der Waals surface area contributed by atoms with Crippen molar-refractivity contribution in [3.05, 3.63) is 35.9 Å². The van der Waals surface area contributed by atoms with Gasteiger partial charge in [-0.3, -0.25) is 9.59 Å². The summed E-state index contributed by atoms with van der Waals surface area (Å²) in [6.07, 6.45) is 2.84. The summed E-state index contributed by atoms with van der Waals surface area (Å²) in [5.41, 5.74) is 0.0261. The third-order valence-corrected chi connectivity index (χ3v) is 6.67. The van der Waals surface area contributed by atoms with Crippen molar-refractivity contribution < 1.29 is 19.5 Å². The van der Waals surface area contributed by atoms with Crippen LogP contribution in [-0.4, -0.2) is 57.9 Å². The Hall–Kier alpha value is -2.02.